The Labute approximate surface area is 162 Å². The van der Waals surface area contributed by atoms with Crippen molar-refractivity contribution in [3.63, 3.8) is 0 Å². The second-order valence-electron chi connectivity index (χ2n) is 7.07. The number of fused-ring (bicyclic) bond motifs is 1. The number of aromatic nitrogens is 5. The lowest BCUT2D eigenvalue weighted by atomic mass is 10.1. The third-order valence-corrected chi connectivity index (χ3v) is 5.09. The van der Waals surface area contributed by atoms with E-state index < -0.39 is 6.04 Å². The van der Waals surface area contributed by atoms with Crippen LogP contribution >= 0.6 is 0 Å². The predicted molar refractivity (Wildman–Crippen MR) is 104 cm³/mol. The van der Waals surface area contributed by atoms with Crippen LogP contribution in [0.4, 0.5) is 5.82 Å². The summed E-state index contributed by atoms with van der Waals surface area (Å²) in [4.78, 5) is 31.5. The van der Waals surface area contributed by atoms with Gasteiger partial charge in [0.1, 0.15) is 24.0 Å². The Kier molecular flexibility index (Phi) is 4.81. The molecule has 9 heteroatoms. The molecule has 0 radical (unpaired) electrons. The molecule has 146 valence electrons. The van der Waals surface area contributed by atoms with Gasteiger partial charge in [-0.05, 0) is 25.5 Å². The van der Waals surface area contributed by atoms with E-state index in [2.05, 4.69) is 19.9 Å². The summed E-state index contributed by atoms with van der Waals surface area (Å²) in [5, 5.41) is 0. The summed E-state index contributed by atoms with van der Waals surface area (Å²) in [6.07, 6.45) is 6.33. The van der Waals surface area contributed by atoms with Crippen molar-refractivity contribution < 1.29 is 9.53 Å². The van der Waals surface area contributed by atoms with Crippen molar-refractivity contribution in [3.05, 3.63) is 36.5 Å². The van der Waals surface area contributed by atoms with Crippen molar-refractivity contribution in [2.24, 2.45) is 0 Å². The zero-order valence-electron chi connectivity index (χ0n) is 15.9. The fourth-order valence-corrected chi connectivity index (χ4v) is 3.47. The predicted octanol–water partition coefficient (Wildman–Crippen LogP) is 1.74. The molecule has 1 aliphatic rings. The number of amides is 1. The van der Waals surface area contributed by atoms with E-state index in [-0.39, 0.29) is 12.0 Å². The lowest BCUT2D eigenvalue weighted by Gasteiger charge is -2.33. The first-order chi connectivity index (χ1) is 13.5. The molecule has 4 heterocycles. The van der Waals surface area contributed by atoms with Gasteiger partial charge in [-0.25, -0.2) is 19.9 Å². The minimum Gasteiger partial charge on any atom is -0.474 e. The maximum atomic E-state index is 13.0. The maximum absolute atomic E-state index is 13.0. The summed E-state index contributed by atoms with van der Waals surface area (Å²) >= 11 is 0. The third kappa shape index (κ3) is 3.47. The Morgan fingerprint density at radius 2 is 2.04 bits per heavy atom. The number of hydrogen-bond donors (Lipinski definition) is 1. The molecule has 1 amide bonds. The number of rotatable bonds is 4. The normalized spacial score (nSPS) is 16.3. The zero-order valence-corrected chi connectivity index (χ0v) is 15.9. The third-order valence-electron chi connectivity index (χ3n) is 5.09. The fraction of sp³-hybridized carbons (Fsp3) is 0.421. The van der Waals surface area contributed by atoms with Crippen molar-refractivity contribution in [2.75, 3.05) is 18.8 Å². The van der Waals surface area contributed by atoms with E-state index in [1.807, 2.05) is 30.9 Å². The van der Waals surface area contributed by atoms with Crippen molar-refractivity contribution in [1.29, 1.82) is 0 Å². The van der Waals surface area contributed by atoms with Crippen LogP contribution < -0.4 is 10.5 Å². The Hall–Kier alpha value is -3.23. The van der Waals surface area contributed by atoms with E-state index in [1.165, 1.54) is 6.33 Å². The topological polar surface area (TPSA) is 112 Å². The first-order valence-corrected chi connectivity index (χ1v) is 9.34. The largest absolute Gasteiger partial charge is 0.474 e. The molecular formula is C19H23N7O2. The fourth-order valence-electron chi connectivity index (χ4n) is 3.47. The number of carbonyl (C=O) groups excluding carboxylic acids is 1. The minimum atomic E-state index is -0.421. The molecule has 9 nitrogen and oxygen atoms in total. The van der Waals surface area contributed by atoms with Gasteiger partial charge in [0, 0.05) is 38.2 Å². The summed E-state index contributed by atoms with van der Waals surface area (Å²) < 4.78 is 7.72. The van der Waals surface area contributed by atoms with Gasteiger partial charge in [-0.2, -0.15) is 0 Å². The van der Waals surface area contributed by atoms with Gasteiger partial charge in [-0.15, -0.1) is 0 Å². The standard InChI is InChI=1S/C19H23N7O2/c1-12-3-6-21-15(9-12)28-14-4-7-25(8-5-14)19(27)13(2)26-11-24-16-17(20)22-10-23-18(16)26/h3,6,9-11,13-14H,4-5,7-8H2,1-2H3,(H2,20,22,23). The number of carbonyl (C=O) groups is 1. The summed E-state index contributed by atoms with van der Waals surface area (Å²) in [6.45, 7) is 5.14. The van der Waals surface area contributed by atoms with E-state index in [4.69, 9.17) is 10.5 Å². The van der Waals surface area contributed by atoms with Crippen molar-refractivity contribution >= 4 is 22.9 Å². The monoisotopic (exact) mass is 381 g/mol. The molecule has 3 aromatic heterocycles. The smallest absolute Gasteiger partial charge is 0.245 e. The van der Waals surface area contributed by atoms with E-state index in [9.17, 15) is 4.79 Å². The van der Waals surface area contributed by atoms with Crippen LogP contribution in [0.2, 0.25) is 0 Å². The van der Waals surface area contributed by atoms with Gasteiger partial charge >= 0.3 is 0 Å². The Morgan fingerprint density at radius 3 is 2.79 bits per heavy atom. The zero-order chi connectivity index (χ0) is 19.7. The average Bonchev–Trinajstić information content (AvgIpc) is 3.13. The van der Waals surface area contributed by atoms with Gasteiger partial charge in [-0.1, -0.05) is 0 Å². The molecule has 4 rings (SSSR count). The molecule has 1 atom stereocenters. The van der Waals surface area contributed by atoms with Crippen LogP contribution in [-0.2, 0) is 4.79 Å². The molecule has 28 heavy (non-hydrogen) atoms. The molecule has 1 fully saturated rings. The molecule has 1 aliphatic heterocycles. The minimum absolute atomic E-state index is 0.0311. The first kappa shape index (κ1) is 18.1. The van der Waals surface area contributed by atoms with Crippen LogP contribution in [0.3, 0.4) is 0 Å². The number of nitrogen functional groups attached to an aromatic ring is 1. The molecule has 0 aromatic carbocycles. The molecular weight excluding hydrogens is 358 g/mol. The van der Waals surface area contributed by atoms with E-state index >= 15 is 0 Å². The summed E-state index contributed by atoms with van der Waals surface area (Å²) in [5.74, 6) is 0.982. The number of imidazole rings is 1. The van der Waals surface area contributed by atoms with Crippen LogP contribution in [0.25, 0.3) is 11.2 Å². The highest BCUT2D eigenvalue weighted by Gasteiger charge is 2.29. The number of nitrogens with two attached hydrogens (primary N) is 1. The van der Waals surface area contributed by atoms with Crippen LogP contribution in [0.1, 0.15) is 31.4 Å². The number of hydrogen-bond acceptors (Lipinski definition) is 7. The van der Waals surface area contributed by atoms with Crippen LogP contribution in [-0.4, -0.2) is 54.5 Å². The number of pyridine rings is 1. The molecule has 0 aliphatic carbocycles. The number of likely N-dealkylation sites (tertiary alicyclic amines) is 1. The molecule has 3 aromatic rings. The Morgan fingerprint density at radius 1 is 1.25 bits per heavy atom. The van der Waals surface area contributed by atoms with Crippen molar-refractivity contribution in [1.82, 2.24) is 29.4 Å². The number of ether oxygens (including phenoxy) is 1. The molecule has 1 unspecified atom stereocenters. The van der Waals surface area contributed by atoms with Crippen LogP contribution in [0.5, 0.6) is 5.88 Å². The number of nitrogens with zero attached hydrogens (tertiary/aromatic N) is 6. The first-order valence-electron chi connectivity index (χ1n) is 9.34. The number of piperidine rings is 1. The average molecular weight is 381 g/mol. The second-order valence-corrected chi connectivity index (χ2v) is 7.07. The van der Waals surface area contributed by atoms with Crippen LogP contribution in [0, 0.1) is 6.92 Å². The summed E-state index contributed by atoms with van der Waals surface area (Å²) in [7, 11) is 0. The van der Waals surface area contributed by atoms with Gasteiger partial charge < -0.3 is 19.9 Å². The number of aryl methyl sites for hydroxylation is 1. The van der Waals surface area contributed by atoms with E-state index in [1.54, 1.807) is 17.1 Å². The highest BCUT2D eigenvalue weighted by molar-refractivity contribution is 5.85. The van der Waals surface area contributed by atoms with Gasteiger partial charge in [0.2, 0.25) is 11.8 Å². The van der Waals surface area contributed by atoms with E-state index in [0.29, 0.717) is 36.0 Å². The van der Waals surface area contributed by atoms with Crippen molar-refractivity contribution in [3.8, 4) is 5.88 Å². The molecule has 0 spiro atoms. The van der Waals surface area contributed by atoms with Gasteiger partial charge in [-0.3, -0.25) is 4.79 Å². The van der Waals surface area contributed by atoms with Gasteiger partial charge in [0.05, 0.1) is 6.33 Å². The summed E-state index contributed by atoms with van der Waals surface area (Å²) in [6, 6.07) is 3.45. The van der Waals surface area contributed by atoms with Crippen LogP contribution in [0.15, 0.2) is 31.0 Å². The highest BCUT2D eigenvalue weighted by atomic mass is 16.5. The maximum Gasteiger partial charge on any atom is 0.245 e. The lowest BCUT2D eigenvalue weighted by Crippen LogP contribution is -2.44. The highest BCUT2D eigenvalue weighted by Crippen LogP contribution is 2.23. The summed E-state index contributed by atoms with van der Waals surface area (Å²) in [5.41, 5.74) is 8.03. The molecule has 0 saturated carbocycles. The SMILES string of the molecule is Cc1ccnc(OC2CCN(C(=O)C(C)n3cnc4c(N)ncnc43)CC2)c1. The second kappa shape index (κ2) is 7.41. The number of anilines is 1. The van der Waals surface area contributed by atoms with E-state index in [0.717, 1.165) is 18.4 Å². The Bertz CT molecular complexity index is 995. The van der Waals surface area contributed by atoms with Gasteiger partial charge in [0.25, 0.3) is 0 Å². The molecule has 0 bridgehead atoms. The molecule has 2 N–H and O–H groups in total. The lowest BCUT2D eigenvalue weighted by molar-refractivity contribution is -0.136. The molecule has 1 saturated heterocycles. The Balaban J connectivity index is 1.40. The quantitative estimate of drug-likeness (QED) is 0.732. The van der Waals surface area contributed by atoms with Crippen molar-refractivity contribution in [2.45, 2.75) is 38.8 Å². The van der Waals surface area contributed by atoms with Gasteiger partial charge in [0.15, 0.2) is 11.5 Å².